The molecule has 2 nitrogen and oxygen atoms in total. The Morgan fingerprint density at radius 1 is 1.19 bits per heavy atom. The molecule has 0 fully saturated rings. The van der Waals surface area contributed by atoms with Crippen molar-refractivity contribution in [2.24, 2.45) is 5.73 Å². The van der Waals surface area contributed by atoms with E-state index in [1.807, 2.05) is 19.1 Å². The van der Waals surface area contributed by atoms with Crippen LogP contribution >= 0.6 is 0 Å². The quantitative estimate of drug-likeness (QED) is 0.443. The maximum atomic E-state index is 9.48. The highest BCUT2D eigenvalue weighted by atomic mass is 16.3. The molecule has 0 heterocycles. The van der Waals surface area contributed by atoms with E-state index in [-0.39, 0.29) is 12.1 Å². The molecule has 2 unspecified atom stereocenters. The van der Waals surface area contributed by atoms with E-state index in [4.69, 9.17) is 5.73 Å². The number of nitrogens with two attached hydrogens (primary N) is 1. The van der Waals surface area contributed by atoms with Crippen LogP contribution in [0.2, 0.25) is 0 Å². The molecular weight excluding hydrogens is 198 g/mol. The summed E-state index contributed by atoms with van der Waals surface area (Å²) in [4.78, 5) is 0. The number of aliphatic hydroxyl groups is 1. The summed E-state index contributed by atoms with van der Waals surface area (Å²) in [7, 11) is 0. The minimum absolute atomic E-state index is 0.0935. The van der Waals surface area contributed by atoms with Crippen molar-refractivity contribution in [2.75, 3.05) is 0 Å². The lowest BCUT2D eigenvalue weighted by Crippen LogP contribution is -2.31. The predicted molar refractivity (Wildman–Crippen MR) is 71.3 cm³/mol. The molecule has 0 aromatic rings. The van der Waals surface area contributed by atoms with Gasteiger partial charge in [-0.3, -0.25) is 0 Å². The Bertz CT molecular complexity index is 187. The second-order valence-electron chi connectivity index (χ2n) is 4.44. The van der Waals surface area contributed by atoms with Crippen LogP contribution in [0.1, 0.15) is 51.9 Å². The van der Waals surface area contributed by atoms with Crippen LogP contribution in [0, 0.1) is 0 Å². The van der Waals surface area contributed by atoms with Gasteiger partial charge in [-0.1, -0.05) is 50.5 Å². The molecule has 0 radical (unpaired) electrons. The molecule has 0 spiro atoms. The van der Waals surface area contributed by atoms with Crippen molar-refractivity contribution in [2.45, 2.75) is 64.0 Å². The van der Waals surface area contributed by atoms with Crippen LogP contribution < -0.4 is 5.73 Å². The standard InChI is InChI=1S/C14H27NO/c1-3-4-5-6-7-8-9-10-11-12-14(16)13(2)15/h3-5,13-14,16H,1,6-12,15H2,2H3. The molecule has 0 amide bonds. The normalized spacial score (nSPS) is 15.2. The molecule has 94 valence electrons. The fraction of sp³-hybridized carbons (Fsp3) is 0.714. The van der Waals surface area contributed by atoms with Crippen LogP contribution in [0.3, 0.4) is 0 Å². The third-order valence-electron chi connectivity index (χ3n) is 2.75. The van der Waals surface area contributed by atoms with Crippen molar-refractivity contribution in [1.29, 1.82) is 0 Å². The number of hydrogen-bond donors (Lipinski definition) is 2. The highest BCUT2D eigenvalue weighted by Crippen LogP contribution is 2.10. The van der Waals surface area contributed by atoms with Crippen molar-refractivity contribution < 1.29 is 5.11 Å². The molecular formula is C14H27NO. The third kappa shape index (κ3) is 9.94. The van der Waals surface area contributed by atoms with Gasteiger partial charge in [-0.15, -0.1) is 0 Å². The minimum atomic E-state index is -0.324. The lowest BCUT2D eigenvalue weighted by molar-refractivity contribution is 0.138. The Labute approximate surface area is 100 Å². The molecule has 0 aliphatic heterocycles. The minimum Gasteiger partial charge on any atom is -0.392 e. The maximum Gasteiger partial charge on any atom is 0.0688 e. The van der Waals surface area contributed by atoms with E-state index in [1.54, 1.807) is 0 Å². The Kier molecular flexibility index (Phi) is 10.5. The Morgan fingerprint density at radius 3 is 2.44 bits per heavy atom. The van der Waals surface area contributed by atoms with Gasteiger partial charge >= 0.3 is 0 Å². The van der Waals surface area contributed by atoms with Gasteiger partial charge in [0.15, 0.2) is 0 Å². The van der Waals surface area contributed by atoms with Gasteiger partial charge in [0.2, 0.25) is 0 Å². The summed E-state index contributed by atoms with van der Waals surface area (Å²) in [5, 5.41) is 9.48. The van der Waals surface area contributed by atoms with Gasteiger partial charge in [0, 0.05) is 6.04 Å². The van der Waals surface area contributed by atoms with Gasteiger partial charge < -0.3 is 10.8 Å². The number of unbranched alkanes of at least 4 members (excludes halogenated alkanes) is 5. The Balaban J connectivity index is 3.15. The summed E-state index contributed by atoms with van der Waals surface area (Å²) in [6.45, 7) is 5.49. The van der Waals surface area contributed by atoms with Crippen LogP contribution in [0.5, 0.6) is 0 Å². The Morgan fingerprint density at radius 2 is 1.81 bits per heavy atom. The molecule has 2 atom stereocenters. The molecule has 2 heteroatoms. The van der Waals surface area contributed by atoms with E-state index in [0.29, 0.717) is 0 Å². The molecule has 0 bridgehead atoms. The molecule has 0 saturated heterocycles. The molecule has 0 aromatic carbocycles. The van der Waals surface area contributed by atoms with Crippen LogP contribution in [0.15, 0.2) is 24.8 Å². The molecule has 0 aliphatic carbocycles. The van der Waals surface area contributed by atoms with Crippen molar-refractivity contribution in [3.05, 3.63) is 24.8 Å². The summed E-state index contributed by atoms with van der Waals surface area (Å²) >= 11 is 0. The van der Waals surface area contributed by atoms with Crippen LogP contribution in [0.25, 0.3) is 0 Å². The van der Waals surface area contributed by atoms with E-state index in [2.05, 4.69) is 12.7 Å². The average Bonchev–Trinajstić information content (AvgIpc) is 2.26. The number of hydrogen-bond acceptors (Lipinski definition) is 2. The van der Waals surface area contributed by atoms with Gasteiger partial charge in [-0.2, -0.15) is 0 Å². The summed E-state index contributed by atoms with van der Waals surface area (Å²) in [5.74, 6) is 0. The number of aliphatic hydroxyl groups excluding tert-OH is 1. The Hall–Kier alpha value is -0.600. The van der Waals surface area contributed by atoms with E-state index in [0.717, 1.165) is 19.3 Å². The zero-order valence-electron chi connectivity index (χ0n) is 10.6. The molecule has 0 aromatic heterocycles. The van der Waals surface area contributed by atoms with E-state index in [9.17, 15) is 5.11 Å². The smallest absolute Gasteiger partial charge is 0.0688 e. The summed E-state index contributed by atoms with van der Waals surface area (Å²) in [6, 6.07) is -0.0935. The van der Waals surface area contributed by atoms with Crippen molar-refractivity contribution >= 4 is 0 Å². The first kappa shape index (κ1) is 15.4. The summed E-state index contributed by atoms with van der Waals surface area (Å²) in [6.07, 6.45) is 13.7. The fourth-order valence-corrected chi connectivity index (χ4v) is 1.60. The van der Waals surface area contributed by atoms with Crippen LogP contribution in [-0.4, -0.2) is 17.3 Å². The third-order valence-corrected chi connectivity index (χ3v) is 2.75. The first-order valence-electron chi connectivity index (χ1n) is 6.39. The first-order chi connectivity index (χ1) is 7.68. The first-order valence-corrected chi connectivity index (χ1v) is 6.39. The predicted octanol–water partition coefficient (Wildman–Crippen LogP) is 3.17. The van der Waals surface area contributed by atoms with Crippen LogP contribution in [-0.2, 0) is 0 Å². The number of allylic oxidation sites excluding steroid dienone is 3. The molecule has 0 aliphatic rings. The van der Waals surface area contributed by atoms with E-state index >= 15 is 0 Å². The van der Waals surface area contributed by atoms with Gasteiger partial charge in [0.05, 0.1) is 6.10 Å². The molecule has 0 rings (SSSR count). The van der Waals surface area contributed by atoms with E-state index in [1.165, 1.54) is 25.7 Å². The second-order valence-corrected chi connectivity index (χ2v) is 4.44. The van der Waals surface area contributed by atoms with Crippen LogP contribution in [0.4, 0.5) is 0 Å². The topological polar surface area (TPSA) is 46.2 Å². The highest BCUT2D eigenvalue weighted by molar-refractivity contribution is 4.96. The summed E-state index contributed by atoms with van der Waals surface area (Å²) < 4.78 is 0. The average molecular weight is 225 g/mol. The highest BCUT2D eigenvalue weighted by Gasteiger charge is 2.07. The fourth-order valence-electron chi connectivity index (χ4n) is 1.60. The number of rotatable bonds is 10. The summed E-state index contributed by atoms with van der Waals surface area (Å²) in [5.41, 5.74) is 5.58. The van der Waals surface area contributed by atoms with Gasteiger partial charge in [-0.25, -0.2) is 0 Å². The molecule has 0 saturated carbocycles. The maximum absolute atomic E-state index is 9.48. The lowest BCUT2D eigenvalue weighted by atomic mass is 10.0. The SMILES string of the molecule is C=CC=CCCCCCCCC(O)C(C)N. The monoisotopic (exact) mass is 225 g/mol. The van der Waals surface area contributed by atoms with Gasteiger partial charge in [0.25, 0.3) is 0 Å². The van der Waals surface area contributed by atoms with Crippen molar-refractivity contribution in [1.82, 2.24) is 0 Å². The largest absolute Gasteiger partial charge is 0.392 e. The lowest BCUT2D eigenvalue weighted by Gasteiger charge is -2.13. The van der Waals surface area contributed by atoms with Crippen molar-refractivity contribution in [3.63, 3.8) is 0 Å². The zero-order chi connectivity index (χ0) is 12.2. The van der Waals surface area contributed by atoms with Crippen molar-refractivity contribution in [3.8, 4) is 0 Å². The van der Waals surface area contributed by atoms with Gasteiger partial charge in [0.1, 0.15) is 0 Å². The van der Waals surface area contributed by atoms with E-state index < -0.39 is 0 Å². The zero-order valence-corrected chi connectivity index (χ0v) is 10.6. The van der Waals surface area contributed by atoms with Gasteiger partial charge in [-0.05, 0) is 26.2 Å². The molecule has 3 N–H and O–H groups in total. The second kappa shape index (κ2) is 10.9. The molecule has 16 heavy (non-hydrogen) atoms.